The minimum absolute atomic E-state index is 0.0769. The van der Waals surface area contributed by atoms with Crippen LogP contribution in [-0.4, -0.2) is 47.8 Å². The molecule has 8 heteroatoms. The number of aromatic nitrogens is 2. The highest BCUT2D eigenvalue weighted by Gasteiger charge is 2.34. The van der Waals surface area contributed by atoms with E-state index in [1.165, 1.54) is 50.5 Å². The lowest BCUT2D eigenvalue weighted by Crippen LogP contribution is -2.43. The van der Waals surface area contributed by atoms with Crippen LogP contribution in [0.4, 0.5) is 17.6 Å². The lowest BCUT2D eigenvalue weighted by atomic mass is 9.69. The van der Waals surface area contributed by atoms with Gasteiger partial charge in [-0.1, -0.05) is 43.0 Å². The van der Waals surface area contributed by atoms with Crippen LogP contribution in [0.25, 0.3) is 0 Å². The second-order valence-corrected chi connectivity index (χ2v) is 10.8. The van der Waals surface area contributed by atoms with E-state index in [1.807, 2.05) is 12.1 Å². The molecule has 0 radical (unpaired) electrons. The lowest BCUT2D eigenvalue weighted by molar-refractivity contribution is 0.292. The van der Waals surface area contributed by atoms with E-state index in [9.17, 15) is 0 Å². The molecule has 3 heterocycles. The van der Waals surface area contributed by atoms with Crippen LogP contribution in [0, 0.1) is 0 Å². The highest BCUT2D eigenvalue weighted by atomic mass is 35.5. The predicted octanol–water partition coefficient (Wildman–Crippen LogP) is 5.52. The summed E-state index contributed by atoms with van der Waals surface area (Å²) in [5.41, 5.74) is 1.42. The molecule has 2 N–H and O–H groups in total. The molecule has 0 spiro atoms. The van der Waals surface area contributed by atoms with E-state index >= 15 is 0 Å². The second kappa shape index (κ2) is 10.6. The number of rotatable bonds is 6. The number of nitrogens with zero attached hydrogens (tertiary/aromatic N) is 4. The maximum absolute atomic E-state index is 6.17. The van der Waals surface area contributed by atoms with E-state index in [0.29, 0.717) is 11.1 Å². The molecule has 182 valence electrons. The SMILES string of the molecule is S=C(NCC1(c2ccc(Cl)cc2)CCCCC1)Nc1nc(N2CCCC2)cc(N2CCCC2)n1. The maximum Gasteiger partial charge on any atom is 0.232 e. The van der Waals surface area contributed by atoms with Crippen LogP contribution in [0.2, 0.25) is 5.02 Å². The molecule has 0 amide bonds. The Kier molecular flexibility index (Phi) is 7.40. The average Bonchev–Trinajstić information content (AvgIpc) is 3.59. The van der Waals surface area contributed by atoms with Gasteiger partial charge in [0.2, 0.25) is 5.95 Å². The summed E-state index contributed by atoms with van der Waals surface area (Å²) in [6.07, 6.45) is 11.0. The van der Waals surface area contributed by atoms with Crippen LogP contribution in [0.1, 0.15) is 63.4 Å². The molecule has 1 saturated carbocycles. The van der Waals surface area contributed by atoms with E-state index in [4.69, 9.17) is 33.8 Å². The van der Waals surface area contributed by atoms with E-state index in [2.05, 4.69) is 38.6 Å². The number of benzene rings is 1. The smallest absolute Gasteiger partial charge is 0.232 e. The zero-order valence-corrected chi connectivity index (χ0v) is 21.4. The standard InChI is InChI=1S/C26H35ClN6S/c27-21-10-8-20(9-11-21)26(12-2-1-3-13-26)19-28-25(34)31-24-29-22(32-14-4-5-15-32)18-23(30-24)33-16-6-7-17-33/h8-11,18H,1-7,12-17,19H2,(H2,28,29,30,31,34). The Labute approximate surface area is 213 Å². The minimum Gasteiger partial charge on any atom is -0.361 e. The zero-order chi connectivity index (χ0) is 23.4. The first-order valence-corrected chi connectivity index (χ1v) is 13.6. The van der Waals surface area contributed by atoms with Crippen LogP contribution in [0.5, 0.6) is 0 Å². The van der Waals surface area contributed by atoms with Crippen molar-refractivity contribution in [1.29, 1.82) is 0 Å². The van der Waals surface area contributed by atoms with Gasteiger partial charge < -0.3 is 20.4 Å². The van der Waals surface area contributed by atoms with Gasteiger partial charge in [-0.05, 0) is 68.4 Å². The quantitative estimate of drug-likeness (QED) is 0.508. The van der Waals surface area contributed by atoms with Crippen molar-refractivity contribution in [2.75, 3.05) is 47.8 Å². The van der Waals surface area contributed by atoms with Gasteiger partial charge >= 0.3 is 0 Å². The topological polar surface area (TPSA) is 56.3 Å². The van der Waals surface area contributed by atoms with E-state index < -0.39 is 0 Å². The molecule has 1 aromatic carbocycles. The van der Waals surface area contributed by atoms with E-state index in [-0.39, 0.29) is 5.41 Å². The molecule has 0 bridgehead atoms. The second-order valence-electron chi connectivity index (χ2n) is 9.95. The summed E-state index contributed by atoms with van der Waals surface area (Å²) in [4.78, 5) is 14.4. The van der Waals surface area contributed by atoms with Crippen molar-refractivity contribution in [1.82, 2.24) is 15.3 Å². The molecule has 1 aliphatic carbocycles. The van der Waals surface area contributed by atoms with Gasteiger partial charge in [-0.2, -0.15) is 9.97 Å². The third kappa shape index (κ3) is 5.41. The summed E-state index contributed by atoms with van der Waals surface area (Å²) >= 11 is 11.9. The molecule has 2 aromatic rings. The van der Waals surface area contributed by atoms with Crippen molar-refractivity contribution in [2.45, 2.75) is 63.2 Å². The Balaban J connectivity index is 1.30. The van der Waals surface area contributed by atoms with Crippen LogP contribution < -0.4 is 20.4 Å². The molecule has 34 heavy (non-hydrogen) atoms. The van der Waals surface area contributed by atoms with Crippen molar-refractivity contribution in [3.05, 3.63) is 40.9 Å². The van der Waals surface area contributed by atoms with Gasteiger partial charge in [-0.3, -0.25) is 0 Å². The van der Waals surface area contributed by atoms with Crippen LogP contribution in [0.15, 0.2) is 30.3 Å². The van der Waals surface area contributed by atoms with E-state index in [0.717, 1.165) is 62.2 Å². The molecular formula is C26H35ClN6S. The summed E-state index contributed by atoms with van der Waals surface area (Å²) in [6.45, 7) is 5.03. The van der Waals surface area contributed by atoms with Gasteiger partial charge in [0.05, 0.1) is 0 Å². The first kappa shape index (κ1) is 23.6. The molecule has 0 atom stereocenters. The maximum atomic E-state index is 6.17. The first-order valence-electron chi connectivity index (χ1n) is 12.8. The Morgan fingerprint density at radius 1 is 0.853 bits per heavy atom. The summed E-state index contributed by atoms with van der Waals surface area (Å²) in [6, 6.07) is 10.5. The normalized spacial score (nSPS) is 19.9. The van der Waals surface area contributed by atoms with E-state index in [1.54, 1.807) is 0 Å². The summed E-state index contributed by atoms with van der Waals surface area (Å²) in [5, 5.41) is 8.19. The number of halogens is 1. The number of nitrogens with one attached hydrogen (secondary N) is 2. The van der Waals surface area contributed by atoms with Crippen LogP contribution in [-0.2, 0) is 5.41 Å². The third-order valence-corrected chi connectivity index (χ3v) is 8.14. The van der Waals surface area contributed by atoms with Crippen molar-refractivity contribution < 1.29 is 0 Å². The fourth-order valence-corrected chi connectivity index (χ4v) is 5.98. The summed E-state index contributed by atoms with van der Waals surface area (Å²) < 4.78 is 0. The first-order chi connectivity index (χ1) is 16.6. The predicted molar refractivity (Wildman–Crippen MR) is 145 cm³/mol. The highest BCUT2D eigenvalue weighted by molar-refractivity contribution is 7.80. The van der Waals surface area contributed by atoms with Crippen LogP contribution in [0.3, 0.4) is 0 Å². The third-order valence-electron chi connectivity index (χ3n) is 7.64. The Morgan fingerprint density at radius 3 is 1.97 bits per heavy atom. The molecule has 1 aromatic heterocycles. The Bertz CT molecular complexity index is 945. The molecule has 3 fully saturated rings. The molecular weight excluding hydrogens is 464 g/mol. The molecule has 0 unspecified atom stereocenters. The van der Waals surface area contributed by atoms with Gasteiger partial charge in [-0.15, -0.1) is 0 Å². The largest absolute Gasteiger partial charge is 0.361 e. The summed E-state index contributed by atoms with van der Waals surface area (Å²) in [7, 11) is 0. The fourth-order valence-electron chi connectivity index (χ4n) is 5.69. The van der Waals surface area contributed by atoms with Gasteiger partial charge in [0, 0.05) is 49.2 Å². The molecule has 2 saturated heterocycles. The van der Waals surface area contributed by atoms with Crippen molar-refractivity contribution in [3.8, 4) is 0 Å². The van der Waals surface area contributed by atoms with Crippen LogP contribution >= 0.6 is 23.8 Å². The monoisotopic (exact) mass is 498 g/mol. The van der Waals surface area contributed by atoms with Gasteiger partial charge in [0.25, 0.3) is 0 Å². The Morgan fingerprint density at radius 2 is 1.41 bits per heavy atom. The van der Waals surface area contributed by atoms with Gasteiger partial charge in [0.1, 0.15) is 11.6 Å². The zero-order valence-electron chi connectivity index (χ0n) is 19.9. The minimum atomic E-state index is 0.0769. The van der Waals surface area contributed by atoms with Crippen molar-refractivity contribution in [2.24, 2.45) is 0 Å². The van der Waals surface area contributed by atoms with Crippen molar-refractivity contribution >= 4 is 46.5 Å². The van der Waals surface area contributed by atoms with Crippen molar-refractivity contribution in [3.63, 3.8) is 0 Å². The average molecular weight is 499 g/mol. The molecule has 2 aliphatic heterocycles. The fraction of sp³-hybridized carbons (Fsp3) is 0.577. The molecule has 3 aliphatic rings. The molecule has 5 rings (SSSR count). The lowest BCUT2D eigenvalue weighted by Gasteiger charge is -2.38. The number of hydrogen-bond donors (Lipinski definition) is 2. The number of anilines is 3. The summed E-state index contributed by atoms with van der Waals surface area (Å²) in [5.74, 6) is 2.60. The van der Waals surface area contributed by atoms with Gasteiger partial charge in [0.15, 0.2) is 5.11 Å². The van der Waals surface area contributed by atoms with Gasteiger partial charge in [-0.25, -0.2) is 0 Å². The molecule has 6 nitrogen and oxygen atoms in total. The highest BCUT2D eigenvalue weighted by Crippen LogP contribution is 2.39. The number of hydrogen-bond acceptors (Lipinski definition) is 5. The number of thiocarbonyl (C=S) groups is 1. The Hall–Kier alpha value is -2.12.